The minimum absolute atomic E-state index is 0.0365. The fourth-order valence-corrected chi connectivity index (χ4v) is 3.34. The summed E-state index contributed by atoms with van der Waals surface area (Å²) < 4.78 is 39.6. The minimum atomic E-state index is -4.13. The molecule has 2 rings (SSSR count). The molecule has 2 aromatic rings. The number of sulfonamides is 1. The summed E-state index contributed by atoms with van der Waals surface area (Å²) in [5.74, 6) is -1.26. The standard InChI is InChI=1S/C15H14FN3O5S/c1-10-13(19(21)22)6-3-7-14(10)25(23,24)17-9-15(20)18-12-5-2-4-11(16)8-12/h2-8,17H,9H2,1H3,(H,18,20). The average molecular weight is 367 g/mol. The van der Waals surface area contributed by atoms with Gasteiger partial charge in [0.05, 0.1) is 16.4 Å². The molecule has 2 aromatic carbocycles. The Morgan fingerprint density at radius 3 is 2.56 bits per heavy atom. The van der Waals surface area contributed by atoms with Crippen molar-refractivity contribution in [2.24, 2.45) is 0 Å². The van der Waals surface area contributed by atoms with Gasteiger partial charge in [-0.05, 0) is 31.2 Å². The van der Waals surface area contributed by atoms with Gasteiger partial charge in [-0.15, -0.1) is 0 Å². The molecule has 25 heavy (non-hydrogen) atoms. The number of hydrogen-bond donors (Lipinski definition) is 2. The van der Waals surface area contributed by atoms with Gasteiger partial charge in [0.2, 0.25) is 15.9 Å². The highest BCUT2D eigenvalue weighted by molar-refractivity contribution is 7.89. The zero-order valence-corrected chi connectivity index (χ0v) is 13.8. The zero-order chi connectivity index (χ0) is 18.6. The Hall–Kier alpha value is -2.85. The van der Waals surface area contributed by atoms with E-state index in [0.29, 0.717) is 0 Å². The molecule has 0 bridgehead atoms. The van der Waals surface area contributed by atoms with Crippen molar-refractivity contribution in [3.05, 3.63) is 64.0 Å². The highest BCUT2D eigenvalue weighted by atomic mass is 32.2. The lowest BCUT2D eigenvalue weighted by Gasteiger charge is -2.10. The van der Waals surface area contributed by atoms with Gasteiger partial charge >= 0.3 is 0 Å². The Morgan fingerprint density at radius 1 is 1.24 bits per heavy atom. The molecule has 2 N–H and O–H groups in total. The molecule has 0 heterocycles. The molecule has 0 aliphatic heterocycles. The summed E-state index contributed by atoms with van der Waals surface area (Å²) in [5.41, 5.74) is -0.201. The quantitative estimate of drug-likeness (QED) is 0.598. The molecule has 0 aromatic heterocycles. The van der Waals surface area contributed by atoms with Crippen LogP contribution in [-0.2, 0) is 14.8 Å². The van der Waals surface area contributed by atoms with Crippen LogP contribution < -0.4 is 10.0 Å². The summed E-state index contributed by atoms with van der Waals surface area (Å²) >= 11 is 0. The van der Waals surface area contributed by atoms with Crippen LogP contribution in [0.1, 0.15) is 5.56 Å². The van der Waals surface area contributed by atoms with Gasteiger partial charge in [0.25, 0.3) is 5.69 Å². The number of amides is 1. The third-order valence-corrected chi connectivity index (χ3v) is 4.82. The molecule has 132 valence electrons. The second-order valence-electron chi connectivity index (χ2n) is 5.04. The van der Waals surface area contributed by atoms with Gasteiger partial charge in [-0.1, -0.05) is 12.1 Å². The van der Waals surface area contributed by atoms with E-state index in [2.05, 4.69) is 10.0 Å². The van der Waals surface area contributed by atoms with Gasteiger partial charge < -0.3 is 5.32 Å². The van der Waals surface area contributed by atoms with Gasteiger partial charge in [-0.2, -0.15) is 0 Å². The molecule has 0 saturated carbocycles. The van der Waals surface area contributed by atoms with Crippen molar-refractivity contribution >= 4 is 27.3 Å². The van der Waals surface area contributed by atoms with E-state index in [1.807, 2.05) is 0 Å². The van der Waals surface area contributed by atoms with E-state index in [1.165, 1.54) is 43.3 Å². The number of carbonyl (C=O) groups excluding carboxylic acids is 1. The van der Waals surface area contributed by atoms with E-state index in [0.717, 1.165) is 6.07 Å². The molecule has 0 fully saturated rings. The van der Waals surface area contributed by atoms with Crippen molar-refractivity contribution in [2.45, 2.75) is 11.8 Å². The van der Waals surface area contributed by atoms with Gasteiger partial charge in [-0.3, -0.25) is 14.9 Å². The summed E-state index contributed by atoms with van der Waals surface area (Å²) in [5, 5.41) is 13.2. The lowest BCUT2D eigenvalue weighted by molar-refractivity contribution is -0.385. The van der Waals surface area contributed by atoms with Crippen molar-refractivity contribution in [2.75, 3.05) is 11.9 Å². The second-order valence-corrected chi connectivity index (χ2v) is 6.78. The van der Waals surface area contributed by atoms with Crippen LogP contribution in [0.3, 0.4) is 0 Å². The molecule has 0 aliphatic carbocycles. The summed E-state index contributed by atoms with van der Waals surface area (Å²) in [7, 11) is -4.13. The summed E-state index contributed by atoms with van der Waals surface area (Å²) in [6.45, 7) is 0.695. The van der Waals surface area contributed by atoms with E-state index in [9.17, 15) is 27.7 Å². The van der Waals surface area contributed by atoms with E-state index >= 15 is 0 Å². The molecular weight excluding hydrogens is 353 g/mol. The third-order valence-electron chi connectivity index (χ3n) is 3.27. The molecule has 0 spiro atoms. The smallest absolute Gasteiger partial charge is 0.273 e. The van der Waals surface area contributed by atoms with Crippen molar-refractivity contribution in [3.8, 4) is 0 Å². The molecule has 0 aliphatic rings. The Morgan fingerprint density at radius 2 is 1.92 bits per heavy atom. The first-order chi connectivity index (χ1) is 11.7. The van der Waals surface area contributed by atoms with Gasteiger partial charge in [0.1, 0.15) is 5.82 Å². The number of nitrogens with zero attached hydrogens (tertiary/aromatic N) is 1. The van der Waals surface area contributed by atoms with Crippen LogP contribution in [0.2, 0.25) is 0 Å². The zero-order valence-electron chi connectivity index (χ0n) is 13.0. The normalized spacial score (nSPS) is 11.1. The van der Waals surface area contributed by atoms with Crippen LogP contribution in [0.25, 0.3) is 0 Å². The van der Waals surface area contributed by atoms with Crippen LogP contribution in [0.4, 0.5) is 15.8 Å². The lowest BCUT2D eigenvalue weighted by atomic mass is 10.2. The minimum Gasteiger partial charge on any atom is -0.325 e. The van der Waals surface area contributed by atoms with Crippen LogP contribution in [-0.4, -0.2) is 25.8 Å². The highest BCUT2D eigenvalue weighted by Crippen LogP contribution is 2.24. The van der Waals surface area contributed by atoms with Crippen molar-refractivity contribution in [1.82, 2.24) is 4.72 Å². The van der Waals surface area contributed by atoms with E-state index in [1.54, 1.807) is 0 Å². The van der Waals surface area contributed by atoms with Gasteiger partial charge in [0, 0.05) is 17.3 Å². The SMILES string of the molecule is Cc1c([N+](=O)[O-])cccc1S(=O)(=O)NCC(=O)Nc1cccc(F)c1. The molecule has 1 amide bonds. The highest BCUT2D eigenvalue weighted by Gasteiger charge is 2.23. The number of nitro groups is 1. The summed E-state index contributed by atoms with van der Waals surface area (Å²) in [6, 6.07) is 8.75. The first kappa shape index (κ1) is 18.5. The fourth-order valence-electron chi connectivity index (χ4n) is 2.10. The van der Waals surface area contributed by atoms with Crippen LogP contribution in [0.5, 0.6) is 0 Å². The molecule has 0 atom stereocenters. The van der Waals surface area contributed by atoms with Gasteiger partial charge in [0.15, 0.2) is 0 Å². The Balaban J connectivity index is 2.10. The number of anilines is 1. The van der Waals surface area contributed by atoms with E-state index in [-0.39, 0.29) is 21.8 Å². The number of nitrogens with one attached hydrogen (secondary N) is 2. The molecule has 0 unspecified atom stereocenters. The van der Waals surface area contributed by atoms with Crippen LogP contribution in [0.15, 0.2) is 47.4 Å². The predicted octanol–water partition coefficient (Wildman–Crippen LogP) is 1.96. The monoisotopic (exact) mass is 367 g/mol. The van der Waals surface area contributed by atoms with E-state index in [4.69, 9.17) is 0 Å². The molecule has 10 heteroatoms. The van der Waals surface area contributed by atoms with Crippen LogP contribution >= 0.6 is 0 Å². The predicted molar refractivity (Wildman–Crippen MR) is 88.1 cm³/mol. The fraction of sp³-hybridized carbons (Fsp3) is 0.133. The Bertz CT molecular complexity index is 931. The molecule has 8 nitrogen and oxygen atoms in total. The maximum atomic E-state index is 13.0. The largest absolute Gasteiger partial charge is 0.325 e. The van der Waals surface area contributed by atoms with Crippen molar-refractivity contribution < 1.29 is 22.5 Å². The number of carbonyl (C=O) groups is 1. The maximum absolute atomic E-state index is 13.0. The van der Waals surface area contributed by atoms with Crippen molar-refractivity contribution in [3.63, 3.8) is 0 Å². The lowest BCUT2D eigenvalue weighted by Crippen LogP contribution is -2.33. The first-order valence-electron chi connectivity index (χ1n) is 7.00. The average Bonchev–Trinajstić information content (AvgIpc) is 2.53. The topological polar surface area (TPSA) is 118 Å². The van der Waals surface area contributed by atoms with Crippen LogP contribution in [0, 0.1) is 22.9 Å². The summed E-state index contributed by atoms with van der Waals surface area (Å²) in [6.07, 6.45) is 0. The number of benzene rings is 2. The van der Waals surface area contributed by atoms with Gasteiger partial charge in [-0.25, -0.2) is 17.5 Å². The van der Waals surface area contributed by atoms with E-state index < -0.39 is 33.2 Å². The molecule has 0 radical (unpaired) electrons. The first-order valence-corrected chi connectivity index (χ1v) is 8.48. The molecular formula is C15H14FN3O5S. The summed E-state index contributed by atoms with van der Waals surface area (Å²) in [4.78, 5) is 21.7. The number of hydrogen-bond acceptors (Lipinski definition) is 5. The maximum Gasteiger partial charge on any atom is 0.273 e. The molecule has 0 saturated heterocycles. The Labute approximate surface area is 142 Å². The third kappa shape index (κ3) is 4.58. The number of rotatable bonds is 6. The number of nitro benzene ring substituents is 1. The second kappa shape index (κ2) is 7.36. The number of halogens is 1. The Kier molecular flexibility index (Phi) is 5.45. The van der Waals surface area contributed by atoms with Crippen molar-refractivity contribution in [1.29, 1.82) is 0 Å².